The van der Waals surface area contributed by atoms with E-state index in [1.165, 1.54) is 5.56 Å². The van der Waals surface area contributed by atoms with Crippen LogP contribution in [0.2, 0.25) is 0 Å². The molecular weight excluding hydrogens is 472 g/mol. The number of anilines is 1. The monoisotopic (exact) mass is 512 g/mol. The van der Waals surface area contributed by atoms with Crippen molar-refractivity contribution in [1.29, 1.82) is 0 Å². The van der Waals surface area contributed by atoms with Gasteiger partial charge in [-0.25, -0.2) is 14.6 Å². The lowest BCUT2D eigenvalue weighted by Gasteiger charge is -2.24. The van der Waals surface area contributed by atoms with Crippen LogP contribution in [0.15, 0.2) is 42.5 Å². The molecule has 2 atom stereocenters. The van der Waals surface area contributed by atoms with Gasteiger partial charge in [0.1, 0.15) is 18.0 Å². The lowest BCUT2D eigenvalue weighted by atomic mass is 10.1. The first kappa shape index (κ1) is 28.4. The van der Waals surface area contributed by atoms with Gasteiger partial charge >= 0.3 is 12.1 Å². The summed E-state index contributed by atoms with van der Waals surface area (Å²) in [5.41, 5.74) is 3.23. The number of hydrogen-bond donors (Lipinski definition) is 3. The number of pyridine rings is 1. The molecule has 1 aromatic carbocycles. The number of aromatic nitrogens is 1. The molecule has 0 aliphatic carbocycles. The molecule has 3 rings (SSSR count). The van der Waals surface area contributed by atoms with E-state index in [2.05, 4.69) is 27.7 Å². The third-order valence-corrected chi connectivity index (χ3v) is 6.60. The highest BCUT2D eigenvalue weighted by atomic mass is 16.6. The number of methoxy groups -OCH3 is 1. The number of unbranched alkanes of at least 4 members (excludes halogenated alkanes) is 1. The van der Waals surface area contributed by atoms with E-state index in [0.29, 0.717) is 19.7 Å². The van der Waals surface area contributed by atoms with E-state index in [1.54, 1.807) is 14.0 Å². The first-order chi connectivity index (χ1) is 18.0. The van der Waals surface area contributed by atoms with E-state index < -0.39 is 24.2 Å². The maximum absolute atomic E-state index is 12.4. The zero-order valence-electron chi connectivity index (χ0n) is 21.9. The Kier molecular flexibility index (Phi) is 11.6. The Bertz CT molecular complexity index is 988. The molecule has 1 aromatic heterocycles. The van der Waals surface area contributed by atoms with Crippen LogP contribution in [0.1, 0.15) is 55.5 Å². The number of aryl methyl sites for hydroxylation is 2. The number of aliphatic carboxylic acids is 1. The molecule has 2 aromatic rings. The highest BCUT2D eigenvalue weighted by Gasteiger charge is 2.23. The third kappa shape index (κ3) is 9.66. The largest absolute Gasteiger partial charge is 0.480 e. The Hall–Kier alpha value is -3.17. The number of carbonyl (C=O) groups is 2. The molecule has 0 radical (unpaired) electrons. The van der Waals surface area contributed by atoms with Gasteiger partial charge in [0.05, 0.1) is 6.61 Å². The molecule has 9 nitrogen and oxygen atoms in total. The Morgan fingerprint density at radius 3 is 2.70 bits per heavy atom. The van der Waals surface area contributed by atoms with Crippen molar-refractivity contribution in [2.45, 2.75) is 57.6 Å². The molecule has 0 saturated carbocycles. The number of nitrogens with one attached hydrogen (secondary N) is 2. The van der Waals surface area contributed by atoms with Gasteiger partial charge in [-0.3, -0.25) is 0 Å². The molecular formula is C28H40N4O5. The second-order valence-electron chi connectivity index (χ2n) is 9.41. The summed E-state index contributed by atoms with van der Waals surface area (Å²) in [6.07, 6.45) is 4.13. The number of carbonyl (C=O) groups excluding carboxylic acids is 1. The van der Waals surface area contributed by atoms with Gasteiger partial charge in [0.15, 0.2) is 0 Å². The first-order valence-corrected chi connectivity index (χ1v) is 13.1. The lowest BCUT2D eigenvalue weighted by molar-refractivity contribution is -0.139. The van der Waals surface area contributed by atoms with Gasteiger partial charge < -0.3 is 30.1 Å². The van der Waals surface area contributed by atoms with Gasteiger partial charge in [-0.1, -0.05) is 36.4 Å². The van der Waals surface area contributed by atoms with Gasteiger partial charge in [0, 0.05) is 32.4 Å². The van der Waals surface area contributed by atoms with Gasteiger partial charge in [0.25, 0.3) is 0 Å². The van der Waals surface area contributed by atoms with Gasteiger partial charge in [-0.15, -0.1) is 0 Å². The fourth-order valence-electron chi connectivity index (χ4n) is 4.40. The van der Waals surface area contributed by atoms with Crippen molar-refractivity contribution in [1.82, 2.24) is 15.2 Å². The quantitative estimate of drug-likeness (QED) is 0.307. The Morgan fingerprint density at radius 1 is 1.14 bits per heavy atom. The van der Waals surface area contributed by atoms with E-state index in [0.717, 1.165) is 62.3 Å². The number of fused-ring (bicyclic) bond motifs is 1. The van der Waals surface area contributed by atoms with Crippen LogP contribution < -0.4 is 10.6 Å². The zero-order chi connectivity index (χ0) is 26.5. The molecule has 9 heteroatoms. The summed E-state index contributed by atoms with van der Waals surface area (Å²) < 4.78 is 10.6. The summed E-state index contributed by atoms with van der Waals surface area (Å²) in [5.74, 6) is -0.0579. The van der Waals surface area contributed by atoms with Crippen molar-refractivity contribution in [2.24, 2.45) is 0 Å². The fourth-order valence-corrected chi connectivity index (χ4v) is 4.40. The second-order valence-corrected chi connectivity index (χ2v) is 9.41. The van der Waals surface area contributed by atoms with Crippen molar-refractivity contribution in [3.05, 3.63) is 59.3 Å². The molecule has 1 aliphatic rings. The fraction of sp³-hybridized carbons (Fsp3) is 0.536. The normalized spacial score (nSPS) is 14.4. The van der Waals surface area contributed by atoms with Crippen LogP contribution in [0.3, 0.4) is 0 Å². The van der Waals surface area contributed by atoms with Crippen LogP contribution in [0.25, 0.3) is 0 Å². The number of hydrogen-bond acceptors (Lipinski definition) is 7. The van der Waals surface area contributed by atoms with Crippen LogP contribution in [0.4, 0.5) is 10.6 Å². The van der Waals surface area contributed by atoms with Crippen LogP contribution in [-0.4, -0.2) is 73.0 Å². The number of amides is 1. The maximum atomic E-state index is 12.4. The molecule has 2 unspecified atom stereocenters. The maximum Gasteiger partial charge on any atom is 0.408 e. The highest BCUT2D eigenvalue weighted by molar-refractivity contribution is 5.79. The molecule has 2 heterocycles. The minimum absolute atomic E-state index is 0.270. The number of ether oxygens (including phenoxy) is 2. The Balaban J connectivity index is 1.44. The van der Waals surface area contributed by atoms with E-state index in [-0.39, 0.29) is 6.42 Å². The summed E-state index contributed by atoms with van der Waals surface area (Å²) in [6, 6.07) is 12.6. The topological polar surface area (TPSA) is 113 Å². The number of alkyl carbamates (subject to hydrolysis) is 1. The van der Waals surface area contributed by atoms with Crippen LogP contribution in [-0.2, 0) is 27.1 Å². The van der Waals surface area contributed by atoms with E-state index >= 15 is 0 Å². The lowest BCUT2D eigenvalue weighted by Crippen LogP contribution is -2.44. The second kappa shape index (κ2) is 15.2. The van der Waals surface area contributed by atoms with Crippen LogP contribution in [0.5, 0.6) is 0 Å². The van der Waals surface area contributed by atoms with Crippen molar-refractivity contribution >= 4 is 17.9 Å². The zero-order valence-corrected chi connectivity index (χ0v) is 21.9. The van der Waals surface area contributed by atoms with Gasteiger partial charge in [0.2, 0.25) is 0 Å². The molecule has 37 heavy (non-hydrogen) atoms. The Morgan fingerprint density at radius 2 is 1.95 bits per heavy atom. The summed E-state index contributed by atoms with van der Waals surface area (Å²) in [6.45, 7) is 5.32. The Labute approximate surface area is 219 Å². The minimum Gasteiger partial charge on any atom is -0.480 e. The molecule has 0 saturated heterocycles. The number of carboxylic acid groups (broad SMARTS) is 1. The van der Waals surface area contributed by atoms with Crippen molar-refractivity contribution < 1.29 is 24.2 Å². The summed E-state index contributed by atoms with van der Waals surface area (Å²) in [7, 11) is 1.65. The van der Waals surface area contributed by atoms with Crippen LogP contribution in [0, 0.1) is 0 Å². The molecule has 1 amide bonds. The van der Waals surface area contributed by atoms with E-state index in [4.69, 9.17) is 14.5 Å². The summed E-state index contributed by atoms with van der Waals surface area (Å²) >= 11 is 0. The van der Waals surface area contributed by atoms with Crippen molar-refractivity contribution in [3.63, 3.8) is 0 Å². The smallest absolute Gasteiger partial charge is 0.408 e. The SMILES string of the molecule is COCCN(CCCCc1ccc2c(n1)NCCC2)CCC(NC(=O)OC(C)c1ccccc1)C(=O)O. The molecule has 3 N–H and O–H groups in total. The number of rotatable bonds is 15. The van der Waals surface area contributed by atoms with Crippen LogP contribution >= 0.6 is 0 Å². The average Bonchev–Trinajstić information content (AvgIpc) is 2.91. The van der Waals surface area contributed by atoms with Gasteiger partial charge in [-0.05, 0) is 69.2 Å². The summed E-state index contributed by atoms with van der Waals surface area (Å²) in [5, 5.41) is 15.6. The molecule has 0 spiro atoms. The first-order valence-electron chi connectivity index (χ1n) is 13.1. The molecule has 0 fully saturated rings. The number of carboxylic acids is 1. The third-order valence-electron chi connectivity index (χ3n) is 6.60. The molecule has 1 aliphatic heterocycles. The minimum atomic E-state index is -1.08. The van der Waals surface area contributed by atoms with Gasteiger partial charge in [-0.2, -0.15) is 0 Å². The average molecular weight is 513 g/mol. The standard InChI is InChI=1S/C28H40N4O5/c1-21(22-9-4-3-5-10-22)37-28(35)31-25(27(33)34)15-18-32(19-20-36-2)17-7-6-12-24-14-13-23-11-8-16-29-26(23)30-24/h3-5,9-10,13-14,21,25H,6-8,11-12,15-20H2,1-2H3,(H,29,30)(H,31,35)(H,33,34). The number of benzene rings is 1. The highest BCUT2D eigenvalue weighted by Crippen LogP contribution is 2.20. The number of nitrogens with zero attached hydrogens (tertiary/aromatic N) is 2. The van der Waals surface area contributed by atoms with Crippen molar-refractivity contribution in [2.75, 3.05) is 45.2 Å². The molecule has 0 bridgehead atoms. The predicted octanol–water partition coefficient (Wildman–Crippen LogP) is 4.04. The molecule has 202 valence electrons. The predicted molar refractivity (Wildman–Crippen MR) is 143 cm³/mol. The summed E-state index contributed by atoms with van der Waals surface area (Å²) in [4.78, 5) is 31.1. The van der Waals surface area contributed by atoms with Crippen molar-refractivity contribution in [3.8, 4) is 0 Å². The van der Waals surface area contributed by atoms with E-state index in [1.807, 2.05) is 30.3 Å². The van der Waals surface area contributed by atoms with E-state index in [9.17, 15) is 14.7 Å².